The molecule has 24 heavy (non-hydrogen) atoms. The first-order chi connectivity index (χ1) is 11.0. The van der Waals surface area contributed by atoms with Gasteiger partial charge < -0.3 is 15.3 Å². The zero-order valence-electron chi connectivity index (χ0n) is 15.6. The van der Waals surface area contributed by atoms with Gasteiger partial charge in [-0.15, -0.1) is 0 Å². The maximum absolute atomic E-state index is 10.4. The van der Waals surface area contributed by atoms with E-state index in [1.807, 2.05) is 18.2 Å². The van der Waals surface area contributed by atoms with E-state index < -0.39 is 0 Å². The topological polar surface area (TPSA) is 60.7 Å². The summed E-state index contributed by atoms with van der Waals surface area (Å²) in [6.07, 6.45) is 0. The van der Waals surface area contributed by atoms with Crippen molar-refractivity contribution in [2.45, 2.75) is 59.0 Å². The molecule has 0 atom stereocenters. The van der Waals surface area contributed by atoms with Gasteiger partial charge in [-0.05, 0) is 51.8 Å². The molecule has 2 rings (SSSR count). The highest BCUT2D eigenvalue weighted by molar-refractivity contribution is 5.49. The second kappa shape index (κ2) is 7.71. The molecule has 0 aliphatic carbocycles. The van der Waals surface area contributed by atoms with Gasteiger partial charge in [0.15, 0.2) is 0 Å². The number of phenolic OH excluding ortho intramolecular Hbond substituents is 2. The Morgan fingerprint density at radius 1 is 0.750 bits per heavy atom. The molecule has 3 nitrogen and oxygen atoms in total. The molecule has 0 fully saturated rings. The third-order valence-electron chi connectivity index (χ3n) is 3.72. The molecular weight excluding hydrogens is 300 g/mol. The minimum atomic E-state index is -0.130. The number of benzene rings is 2. The fourth-order valence-electron chi connectivity index (χ4n) is 2.36. The van der Waals surface area contributed by atoms with Gasteiger partial charge >= 0.3 is 0 Å². The number of hydrogen-bond donors (Lipinski definition) is 3. The van der Waals surface area contributed by atoms with Gasteiger partial charge in [0, 0.05) is 0 Å². The van der Waals surface area contributed by atoms with E-state index >= 15 is 0 Å². The summed E-state index contributed by atoms with van der Waals surface area (Å²) in [5.74, 6) is 0.685. The van der Waals surface area contributed by atoms with E-state index in [0.717, 1.165) is 16.7 Å². The predicted octanol–water partition coefficient (Wildman–Crippen LogP) is 4.87. The van der Waals surface area contributed by atoms with Crippen LogP contribution in [0.1, 0.15) is 58.2 Å². The van der Waals surface area contributed by atoms with E-state index in [4.69, 9.17) is 5.11 Å². The molecule has 3 heteroatoms. The molecule has 0 radical (unpaired) electrons. The smallest absolute Gasteiger partial charge is 0.123 e. The summed E-state index contributed by atoms with van der Waals surface area (Å²) in [5, 5.41) is 28.4. The third kappa shape index (κ3) is 5.57. The van der Waals surface area contributed by atoms with E-state index in [0.29, 0.717) is 11.5 Å². The molecule has 0 bridgehead atoms. The van der Waals surface area contributed by atoms with Crippen LogP contribution in [0.4, 0.5) is 0 Å². The molecule has 132 valence electrons. The summed E-state index contributed by atoms with van der Waals surface area (Å²) < 4.78 is 0. The van der Waals surface area contributed by atoms with Gasteiger partial charge in [-0.1, -0.05) is 59.7 Å². The first-order valence-corrected chi connectivity index (χ1v) is 8.18. The Labute approximate surface area is 145 Å². The Hall–Kier alpha value is -2.00. The molecule has 0 saturated heterocycles. The van der Waals surface area contributed by atoms with E-state index in [1.165, 1.54) is 0 Å². The summed E-state index contributed by atoms with van der Waals surface area (Å²) in [4.78, 5) is 0. The second-order valence-electron chi connectivity index (χ2n) is 8.03. The Morgan fingerprint density at radius 2 is 1.17 bits per heavy atom. The van der Waals surface area contributed by atoms with Gasteiger partial charge in [-0.3, -0.25) is 0 Å². The number of aliphatic hydroxyl groups excluding tert-OH is 1. The Bertz CT molecular complexity index is 612. The van der Waals surface area contributed by atoms with Gasteiger partial charge in [0.25, 0.3) is 0 Å². The minimum Gasteiger partial charge on any atom is -0.508 e. The highest BCUT2D eigenvalue weighted by Crippen LogP contribution is 2.39. The van der Waals surface area contributed by atoms with Crippen molar-refractivity contribution in [2.75, 3.05) is 0 Å². The third-order valence-corrected chi connectivity index (χ3v) is 3.72. The minimum absolute atomic E-state index is 0.00639. The van der Waals surface area contributed by atoms with Crippen LogP contribution >= 0.6 is 0 Å². The second-order valence-corrected chi connectivity index (χ2v) is 8.03. The van der Waals surface area contributed by atoms with Crippen LogP contribution < -0.4 is 0 Å². The number of aliphatic hydroxyl groups is 1. The summed E-state index contributed by atoms with van der Waals surface area (Å²) in [6.45, 7) is 12.4. The van der Waals surface area contributed by atoms with Crippen LogP contribution in [-0.2, 0) is 17.4 Å². The lowest BCUT2D eigenvalue weighted by atomic mass is 9.78. The zero-order chi connectivity index (χ0) is 18.5. The van der Waals surface area contributed by atoms with Crippen molar-refractivity contribution in [3.05, 3.63) is 59.2 Å². The van der Waals surface area contributed by atoms with Crippen LogP contribution in [0.25, 0.3) is 0 Å². The van der Waals surface area contributed by atoms with Crippen molar-refractivity contribution in [3.63, 3.8) is 0 Å². The van der Waals surface area contributed by atoms with Gasteiger partial charge in [-0.2, -0.15) is 0 Å². The average molecular weight is 330 g/mol. The van der Waals surface area contributed by atoms with Gasteiger partial charge in [0.1, 0.15) is 11.5 Å². The van der Waals surface area contributed by atoms with Crippen LogP contribution in [0.15, 0.2) is 42.5 Å². The molecule has 0 aliphatic heterocycles. The quantitative estimate of drug-likeness (QED) is 0.699. The first kappa shape index (κ1) is 20.0. The maximum atomic E-state index is 10.4. The molecule has 2 aromatic carbocycles. The Morgan fingerprint density at radius 3 is 1.42 bits per heavy atom. The van der Waals surface area contributed by atoms with E-state index in [2.05, 4.69) is 41.5 Å². The number of para-hydroxylation sites is 1. The highest BCUT2D eigenvalue weighted by atomic mass is 16.3. The standard InChI is InChI=1S/C15H24O2.C6H6O/c1-14(2,3)11-7-10(9-16)8-12(13(11)17)15(4,5)6;7-6-4-2-1-3-5-6/h7-8,16-17H,9H2,1-6H3;1-5,7H. The fourth-order valence-corrected chi connectivity index (χ4v) is 2.36. The van der Waals surface area contributed by atoms with Crippen molar-refractivity contribution < 1.29 is 15.3 Å². The first-order valence-electron chi connectivity index (χ1n) is 8.18. The molecule has 3 N–H and O–H groups in total. The van der Waals surface area contributed by atoms with Crippen LogP contribution in [0.2, 0.25) is 0 Å². The summed E-state index contributed by atoms with van der Waals surface area (Å²) in [7, 11) is 0. The predicted molar refractivity (Wildman–Crippen MR) is 99.5 cm³/mol. The Kier molecular flexibility index (Phi) is 6.44. The normalized spacial score (nSPS) is 11.6. The molecule has 0 aromatic heterocycles. The fraction of sp³-hybridized carbons (Fsp3) is 0.429. The molecule has 0 heterocycles. The summed E-state index contributed by atoms with van der Waals surface area (Å²) in [6, 6.07) is 12.5. The monoisotopic (exact) mass is 330 g/mol. The lowest BCUT2D eigenvalue weighted by Crippen LogP contribution is -2.17. The van der Waals surface area contributed by atoms with E-state index in [-0.39, 0.29) is 17.4 Å². The van der Waals surface area contributed by atoms with Crippen LogP contribution in [0.5, 0.6) is 11.5 Å². The number of rotatable bonds is 1. The van der Waals surface area contributed by atoms with Crippen LogP contribution in [-0.4, -0.2) is 15.3 Å². The SMILES string of the molecule is CC(C)(C)c1cc(CO)cc(C(C)(C)C)c1O.Oc1ccccc1. The van der Waals surface area contributed by atoms with Crippen LogP contribution in [0, 0.1) is 0 Å². The van der Waals surface area contributed by atoms with Gasteiger partial charge in [0.05, 0.1) is 6.61 Å². The molecular formula is C21H30O3. The number of aromatic hydroxyl groups is 2. The number of phenols is 2. The van der Waals surface area contributed by atoms with Gasteiger partial charge in [-0.25, -0.2) is 0 Å². The van der Waals surface area contributed by atoms with Crippen molar-refractivity contribution in [2.24, 2.45) is 0 Å². The lowest BCUT2D eigenvalue weighted by molar-refractivity contribution is 0.281. The lowest BCUT2D eigenvalue weighted by Gasteiger charge is -2.28. The van der Waals surface area contributed by atoms with Crippen LogP contribution in [0.3, 0.4) is 0 Å². The Balaban J connectivity index is 0.000000341. The molecule has 0 aliphatic rings. The van der Waals surface area contributed by atoms with Crippen molar-refractivity contribution in [1.29, 1.82) is 0 Å². The van der Waals surface area contributed by atoms with Crippen molar-refractivity contribution >= 4 is 0 Å². The highest BCUT2D eigenvalue weighted by Gasteiger charge is 2.26. The largest absolute Gasteiger partial charge is 0.508 e. The zero-order valence-corrected chi connectivity index (χ0v) is 15.6. The summed E-state index contributed by atoms with van der Waals surface area (Å²) in [5.41, 5.74) is 2.39. The molecule has 2 aromatic rings. The number of hydrogen-bond acceptors (Lipinski definition) is 3. The van der Waals surface area contributed by atoms with E-state index in [9.17, 15) is 10.2 Å². The maximum Gasteiger partial charge on any atom is 0.123 e. The molecule has 0 spiro atoms. The average Bonchev–Trinajstić information content (AvgIpc) is 2.46. The van der Waals surface area contributed by atoms with E-state index in [1.54, 1.807) is 24.3 Å². The van der Waals surface area contributed by atoms with Crippen molar-refractivity contribution in [1.82, 2.24) is 0 Å². The molecule has 0 unspecified atom stereocenters. The summed E-state index contributed by atoms with van der Waals surface area (Å²) >= 11 is 0. The molecule has 0 amide bonds. The van der Waals surface area contributed by atoms with Gasteiger partial charge in [0.2, 0.25) is 0 Å². The van der Waals surface area contributed by atoms with Crippen molar-refractivity contribution in [3.8, 4) is 11.5 Å². The molecule has 0 saturated carbocycles.